The molecule has 1 aliphatic rings. The molecule has 1 fully saturated rings. The molecule has 2 aromatic rings. The highest BCUT2D eigenvalue weighted by Crippen LogP contribution is 2.22. The molecule has 27 heavy (non-hydrogen) atoms. The van der Waals surface area contributed by atoms with Gasteiger partial charge in [-0.1, -0.05) is 36.4 Å². The van der Waals surface area contributed by atoms with Gasteiger partial charge in [-0.3, -0.25) is 9.59 Å². The van der Waals surface area contributed by atoms with E-state index in [4.69, 9.17) is 0 Å². The van der Waals surface area contributed by atoms with E-state index < -0.39 is 0 Å². The number of carbonyl (C=O) groups excluding carboxylic acids is 2. The number of carbonyl (C=O) groups is 2. The van der Waals surface area contributed by atoms with E-state index in [9.17, 15) is 14.7 Å². The van der Waals surface area contributed by atoms with Crippen molar-refractivity contribution in [1.29, 1.82) is 0 Å². The Morgan fingerprint density at radius 1 is 1.11 bits per heavy atom. The third-order valence-electron chi connectivity index (χ3n) is 5.01. The predicted molar refractivity (Wildman–Crippen MR) is 105 cm³/mol. The fourth-order valence-corrected chi connectivity index (χ4v) is 3.42. The summed E-state index contributed by atoms with van der Waals surface area (Å²) in [5.41, 5.74) is 2.41. The molecule has 5 nitrogen and oxygen atoms in total. The third-order valence-corrected chi connectivity index (χ3v) is 5.01. The molecule has 0 saturated carbocycles. The van der Waals surface area contributed by atoms with Crippen molar-refractivity contribution in [2.75, 3.05) is 13.1 Å². The van der Waals surface area contributed by atoms with E-state index in [1.165, 1.54) is 0 Å². The molecule has 1 saturated heterocycles. The maximum Gasteiger partial charge on any atom is 0.257 e. The second-order valence-corrected chi connectivity index (χ2v) is 7.14. The molecule has 0 spiro atoms. The molecule has 2 aromatic carbocycles. The minimum Gasteiger partial charge on any atom is -0.507 e. The van der Waals surface area contributed by atoms with Gasteiger partial charge in [-0.05, 0) is 49.4 Å². The number of amides is 2. The number of nitrogens with one attached hydrogen (secondary N) is 1. The summed E-state index contributed by atoms with van der Waals surface area (Å²) in [7, 11) is 0. The second-order valence-electron chi connectivity index (χ2n) is 7.14. The number of piperidine rings is 1. The van der Waals surface area contributed by atoms with Gasteiger partial charge in [0.1, 0.15) is 5.75 Å². The van der Waals surface area contributed by atoms with Gasteiger partial charge in [0.2, 0.25) is 5.91 Å². The minimum atomic E-state index is -0.152. The van der Waals surface area contributed by atoms with Crippen LogP contribution in [0.3, 0.4) is 0 Å². The van der Waals surface area contributed by atoms with Crippen LogP contribution in [0.5, 0.6) is 5.75 Å². The Morgan fingerprint density at radius 2 is 1.81 bits per heavy atom. The number of phenols is 1. The van der Waals surface area contributed by atoms with Crippen LogP contribution in [0.25, 0.3) is 0 Å². The average molecular weight is 366 g/mol. The van der Waals surface area contributed by atoms with Crippen LogP contribution in [0.4, 0.5) is 0 Å². The van der Waals surface area contributed by atoms with Gasteiger partial charge >= 0.3 is 0 Å². The predicted octanol–water partition coefficient (Wildman–Crippen LogP) is 3.05. The third kappa shape index (κ3) is 5.09. The van der Waals surface area contributed by atoms with Gasteiger partial charge in [-0.25, -0.2) is 0 Å². The van der Waals surface area contributed by atoms with Crippen molar-refractivity contribution in [3.8, 4) is 5.75 Å². The Hall–Kier alpha value is -2.82. The molecule has 0 aliphatic carbocycles. The molecule has 0 bridgehead atoms. The first-order valence-electron chi connectivity index (χ1n) is 9.45. The monoisotopic (exact) mass is 366 g/mol. The maximum atomic E-state index is 12.6. The Labute approximate surface area is 160 Å². The van der Waals surface area contributed by atoms with Gasteiger partial charge < -0.3 is 15.3 Å². The van der Waals surface area contributed by atoms with Crippen molar-refractivity contribution in [2.45, 2.75) is 38.6 Å². The lowest BCUT2D eigenvalue weighted by Gasteiger charge is -2.32. The van der Waals surface area contributed by atoms with E-state index in [1.807, 2.05) is 43.3 Å². The minimum absolute atomic E-state index is 0.0244. The first-order valence-corrected chi connectivity index (χ1v) is 9.45. The van der Waals surface area contributed by atoms with Crippen molar-refractivity contribution < 1.29 is 14.7 Å². The lowest BCUT2D eigenvalue weighted by molar-refractivity contribution is -0.122. The number of likely N-dealkylation sites (tertiary alicyclic amines) is 1. The molecule has 3 rings (SSSR count). The number of hydrogen-bond donors (Lipinski definition) is 2. The summed E-state index contributed by atoms with van der Waals surface area (Å²) in [6.45, 7) is 3.03. The zero-order valence-corrected chi connectivity index (χ0v) is 15.6. The quantitative estimate of drug-likeness (QED) is 0.854. The fraction of sp³-hybridized carbons (Fsp3) is 0.364. The lowest BCUT2D eigenvalue weighted by atomic mass is 10.0. The number of aromatic hydroxyl groups is 1. The van der Waals surface area contributed by atoms with E-state index >= 15 is 0 Å². The van der Waals surface area contributed by atoms with Crippen LogP contribution in [0.1, 0.15) is 40.7 Å². The molecule has 0 radical (unpaired) electrons. The van der Waals surface area contributed by atoms with E-state index in [0.29, 0.717) is 25.1 Å². The highest BCUT2D eigenvalue weighted by Gasteiger charge is 2.25. The number of aryl methyl sites for hydroxylation is 2. The molecular weight excluding hydrogens is 340 g/mol. The standard InChI is InChI=1S/C22H26N2O3/c1-16-7-9-19(20(25)15-16)22(27)24-13-11-18(12-14-24)23-21(26)10-8-17-5-3-2-4-6-17/h2-7,9,15,18,25H,8,10-14H2,1H3,(H,23,26). The highest BCUT2D eigenvalue weighted by atomic mass is 16.3. The molecule has 0 atom stereocenters. The first kappa shape index (κ1) is 19.0. The van der Waals surface area contributed by atoms with E-state index in [-0.39, 0.29) is 23.6 Å². The molecule has 0 aromatic heterocycles. The average Bonchev–Trinajstić information content (AvgIpc) is 2.67. The molecule has 142 valence electrons. The van der Waals surface area contributed by atoms with Crippen molar-refractivity contribution in [3.05, 3.63) is 65.2 Å². The van der Waals surface area contributed by atoms with E-state index in [1.54, 1.807) is 17.0 Å². The van der Waals surface area contributed by atoms with Crippen LogP contribution in [-0.4, -0.2) is 41.0 Å². The Morgan fingerprint density at radius 3 is 2.48 bits per heavy atom. The first-order chi connectivity index (χ1) is 13.0. The SMILES string of the molecule is Cc1ccc(C(=O)N2CCC(NC(=O)CCc3ccccc3)CC2)c(O)c1. The van der Waals surface area contributed by atoms with Gasteiger partial charge in [-0.15, -0.1) is 0 Å². The molecule has 5 heteroatoms. The zero-order chi connectivity index (χ0) is 19.2. The summed E-state index contributed by atoms with van der Waals surface area (Å²) in [5, 5.41) is 13.1. The summed E-state index contributed by atoms with van der Waals surface area (Å²) in [4.78, 5) is 26.5. The molecule has 2 N–H and O–H groups in total. The fourth-order valence-electron chi connectivity index (χ4n) is 3.42. The summed E-state index contributed by atoms with van der Waals surface area (Å²) in [6.07, 6.45) is 2.67. The van der Waals surface area contributed by atoms with Gasteiger partial charge in [0.15, 0.2) is 0 Å². The van der Waals surface area contributed by atoms with Gasteiger partial charge in [0.25, 0.3) is 5.91 Å². The molecular formula is C22H26N2O3. The van der Waals surface area contributed by atoms with Crippen LogP contribution in [0.2, 0.25) is 0 Å². The normalized spacial score (nSPS) is 14.8. The van der Waals surface area contributed by atoms with Crippen LogP contribution in [0, 0.1) is 6.92 Å². The Kier molecular flexibility index (Phi) is 6.12. The number of rotatable bonds is 5. The van der Waals surface area contributed by atoms with Gasteiger partial charge in [0, 0.05) is 25.6 Å². The second kappa shape index (κ2) is 8.71. The van der Waals surface area contributed by atoms with Crippen molar-refractivity contribution in [3.63, 3.8) is 0 Å². The number of benzene rings is 2. The highest BCUT2D eigenvalue weighted by molar-refractivity contribution is 5.97. The molecule has 1 heterocycles. The maximum absolute atomic E-state index is 12.6. The lowest BCUT2D eigenvalue weighted by Crippen LogP contribution is -2.46. The number of hydrogen-bond acceptors (Lipinski definition) is 3. The van der Waals surface area contributed by atoms with E-state index in [2.05, 4.69) is 5.32 Å². The number of nitrogens with zero attached hydrogens (tertiary/aromatic N) is 1. The summed E-state index contributed by atoms with van der Waals surface area (Å²) < 4.78 is 0. The summed E-state index contributed by atoms with van der Waals surface area (Å²) in [5.74, 6) is -0.0718. The molecule has 1 aliphatic heterocycles. The smallest absolute Gasteiger partial charge is 0.257 e. The Bertz CT molecular complexity index is 796. The Balaban J connectivity index is 1.45. The van der Waals surface area contributed by atoms with E-state index in [0.717, 1.165) is 30.4 Å². The topological polar surface area (TPSA) is 69.6 Å². The molecule has 2 amide bonds. The van der Waals surface area contributed by atoms with Crippen molar-refractivity contribution in [1.82, 2.24) is 10.2 Å². The van der Waals surface area contributed by atoms with Gasteiger partial charge in [0.05, 0.1) is 5.56 Å². The largest absolute Gasteiger partial charge is 0.507 e. The summed E-state index contributed by atoms with van der Waals surface area (Å²) >= 11 is 0. The van der Waals surface area contributed by atoms with Crippen LogP contribution in [0.15, 0.2) is 48.5 Å². The van der Waals surface area contributed by atoms with Gasteiger partial charge in [-0.2, -0.15) is 0 Å². The summed E-state index contributed by atoms with van der Waals surface area (Å²) in [6, 6.07) is 15.2. The zero-order valence-electron chi connectivity index (χ0n) is 15.6. The number of phenolic OH excluding ortho intramolecular Hbond substituents is 1. The van der Waals surface area contributed by atoms with Crippen LogP contribution in [-0.2, 0) is 11.2 Å². The van der Waals surface area contributed by atoms with Crippen LogP contribution < -0.4 is 5.32 Å². The van der Waals surface area contributed by atoms with Crippen molar-refractivity contribution >= 4 is 11.8 Å². The van der Waals surface area contributed by atoms with Crippen LogP contribution >= 0.6 is 0 Å². The van der Waals surface area contributed by atoms with Crippen molar-refractivity contribution in [2.24, 2.45) is 0 Å². The molecule has 0 unspecified atom stereocenters.